The molecule has 2 heteroatoms. The summed E-state index contributed by atoms with van der Waals surface area (Å²) in [4.78, 5) is 11.7. The second kappa shape index (κ2) is 3.69. The van der Waals surface area contributed by atoms with Crippen molar-refractivity contribution >= 4 is 5.91 Å². The van der Waals surface area contributed by atoms with Crippen molar-refractivity contribution in [1.29, 1.82) is 0 Å². The lowest BCUT2D eigenvalue weighted by molar-refractivity contribution is -0.128. The quantitative estimate of drug-likeness (QED) is 0.715. The Morgan fingerprint density at radius 1 is 1.31 bits per heavy atom. The Balaban J connectivity index is 2.40. The van der Waals surface area contributed by atoms with Gasteiger partial charge in [-0.05, 0) is 32.1 Å². The summed E-state index contributed by atoms with van der Waals surface area (Å²) in [6.45, 7) is 8.32. The molecule has 0 aliphatic heterocycles. The third-order valence-corrected chi connectivity index (χ3v) is 3.30. The van der Waals surface area contributed by atoms with E-state index in [1.165, 1.54) is 6.42 Å². The van der Waals surface area contributed by atoms with Gasteiger partial charge in [0.25, 0.3) is 0 Å². The fourth-order valence-electron chi connectivity index (χ4n) is 1.55. The summed E-state index contributed by atoms with van der Waals surface area (Å²) in [6.07, 6.45) is 3.54. The zero-order chi connectivity index (χ0) is 10.1. The molecule has 2 nitrogen and oxygen atoms in total. The summed E-state index contributed by atoms with van der Waals surface area (Å²) < 4.78 is 0. The van der Waals surface area contributed by atoms with Crippen LogP contribution in [0.3, 0.4) is 0 Å². The van der Waals surface area contributed by atoms with E-state index in [0.717, 1.165) is 12.8 Å². The van der Waals surface area contributed by atoms with Gasteiger partial charge in [0, 0.05) is 11.5 Å². The predicted octanol–water partition coefficient (Wildman–Crippen LogP) is 2.34. The molecule has 1 rings (SSSR count). The molecule has 13 heavy (non-hydrogen) atoms. The first-order valence-corrected chi connectivity index (χ1v) is 5.27. The maximum Gasteiger partial charge on any atom is 0.223 e. The van der Waals surface area contributed by atoms with Gasteiger partial charge in [-0.3, -0.25) is 4.79 Å². The first kappa shape index (κ1) is 10.6. The van der Waals surface area contributed by atoms with Crippen LogP contribution in [0.1, 0.15) is 47.0 Å². The van der Waals surface area contributed by atoms with Crippen molar-refractivity contribution in [2.45, 2.75) is 52.5 Å². The minimum absolute atomic E-state index is 0.111. The van der Waals surface area contributed by atoms with Crippen molar-refractivity contribution in [2.75, 3.05) is 0 Å². The van der Waals surface area contributed by atoms with E-state index in [1.807, 2.05) is 6.92 Å². The van der Waals surface area contributed by atoms with E-state index >= 15 is 0 Å². The highest BCUT2D eigenvalue weighted by atomic mass is 16.2. The van der Waals surface area contributed by atoms with E-state index in [9.17, 15) is 4.79 Å². The summed E-state index contributed by atoms with van der Waals surface area (Å²) in [5.74, 6) is 0.790. The first-order chi connectivity index (χ1) is 5.94. The summed E-state index contributed by atoms with van der Waals surface area (Å²) >= 11 is 0. The normalized spacial score (nSPS) is 22.2. The van der Waals surface area contributed by atoms with Crippen LogP contribution in [0, 0.1) is 11.8 Å². The second-order valence-electron chi connectivity index (χ2n) is 4.94. The third kappa shape index (κ3) is 2.45. The van der Waals surface area contributed by atoms with Crippen molar-refractivity contribution < 1.29 is 4.79 Å². The molecule has 0 saturated heterocycles. The molecule has 0 heterocycles. The fraction of sp³-hybridized carbons (Fsp3) is 0.909. The van der Waals surface area contributed by atoms with Gasteiger partial charge in [0.05, 0.1) is 0 Å². The molecule has 0 aromatic carbocycles. The van der Waals surface area contributed by atoms with Gasteiger partial charge in [-0.25, -0.2) is 0 Å². The lowest BCUT2D eigenvalue weighted by Crippen LogP contribution is -2.52. The van der Waals surface area contributed by atoms with Crippen LogP contribution in [-0.4, -0.2) is 11.4 Å². The van der Waals surface area contributed by atoms with Crippen LogP contribution in [0.25, 0.3) is 0 Å². The van der Waals surface area contributed by atoms with Gasteiger partial charge in [0.15, 0.2) is 0 Å². The van der Waals surface area contributed by atoms with Gasteiger partial charge in [0.1, 0.15) is 0 Å². The Morgan fingerprint density at radius 3 is 2.15 bits per heavy atom. The fourth-order valence-corrected chi connectivity index (χ4v) is 1.55. The molecule has 1 fully saturated rings. The van der Waals surface area contributed by atoms with Gasteiger partial charge in [-0.2, -0.15) is 0 Å². The van der Waals surface area contributed by atoms with Crippen LogP contribution in [-0.2, 0) is 4.79 Å². The van der Waals surface area contributed by atoms with E-state index in [-0.39, 0.29) is 17.4 Å². The molecular weight excluding hydrogens is 162 g/mol. The topological polar surface area (TPSA) is 29.1 Å². The Labute approximate surface area is 81.1 Å². The molecule has 0 aromatic heterocycles. The van der Waals surface area contributed by atoms with Crippen molar-refractivity contribution in [1.82, 2.24) is 5.32 Å². The van der Waals surface area contributed by atoms with Gasteiger partial charge in [-0.1, -0.05) is 20.8 Å². The van der Waals surface area contributed by atoms with Crippen molar-refractivity contribution in [3.8, 4) is 0 Å². The predicted molar refractivity (Wildman–Crippen MR) is 54.4 cm³/mol. The molecule has 1 saturated carbocycles. The second-order valence-corrected chi connectivity index (χ2v) is 4.94. The van der Waals surface area contributed by atoms with E-state index in [4.69, 9.17) is 0 Å². The molecule has 1 N–H and O–H groups in total. The zero-order valence-corrected chi connectivity index (χ0v) is 9.18. The van der Waals surface area contributed by atoms with Crippen LogP contribution in [0.5, 0.6) is 0 Å². The molecule has 0 spiro atoms. The maximum atomic E-state index is 11.7. The highest BCUT2D eigenvalue weighted by molar-refractivity contribution is 5.79. The lowest BCUT2D eigenvalue weighted by Gasteiger charge is -2.40. The molecule has 1 amide bonds. The smallest absolute Gasteiger partial charge is 0.223 e. The van der Waals surface area contributed by atoms with Crippen LogP contribution in [0.2, 0.25) is 0 Å². The molecule has 76 valence electrons. The lowest BCUT2D eigenvalue weighted by atomic mass is 9.78. The first-order valence-electron chi connectivity index (χ1n) is 5.27. The molecule has 1 aliphatic rings. The molecule has 0 aromatic rings. The standard InChI is InChI=1S/C11H21NO/c1-8(2)9(3)10(13)12-11(4)6-5-7-11/h8-9H,5-7H2,1-4H3,(H,12,13). The number of carbonyl (C=O) groups is 1. The van der Waals surface area contributed by atoms with E-state index < -0.39 is 0 Å². The van der Waals surface area contributed by atoms with Gasteiger partial charge in [-0.15, -0.1) is 0 Å². The number of nitrogens with one attached hydrogen (secondary N) is 1. The SMILES string of the molecule is CC(C)C(C)C(=O)NC1(C)CCC1. The molecule has 0 radical (unpaired) electrons. The van der Waals surface area contributed by atoms with Crippen LogP contribution < -0.4 is 5.32 Å². The minimum atomic E-state index is 0.111. The highest BCUT2D eigenvalue weighted by Gasteiger charge is 2.34. The number of carbonyl (C=O) groups excluding carboxylic acids is 1. The molecule has 1 atom stereocenters. The Morgan fingerprint density at radius 2 is 1.85 bits per heavy atom. The Kier molecular flexibility index (Phi) is 2.99. The average molecular weight is 183 g/mol. The van der Waals surface area contributed by atoms with E-state index in [0.29, 0.717) is 5.92 Å². The summed E-state index contributed by atoms with van der Waals surface area (Å²) in [5.41, 5.74) is 0.111. The Hall–Kier alpha value is -0.530. The van der Waals surface area contributed by atoms with Crippen LogP contribution in [0.15, 0.2) is 0 Å². The maximum absolute atomic E-state index is 11.7. The minimum Gasteiger partial charge on any atom is -0.351 e. The van der Waals surface area contributed by atoms with E-state index in [2.05, 4.69) is 26.1 Å². The summed E-state index contributed by atoms with van der Waals surface area (Å²) in [6, 6.07) is 0. The van der Waals surface area contributed by atoms with E-state index in [1.54, 1.807) is 0 Å². The average Bonchev–Trinajstić information content (AvgIpc) is 1.99. The molecule has 1 unspecified atom stereocenters. The van der Waals surface area contributed by atoms with Crippen molar-refractivity contribution in [3.05, 3.63) is 0 Å². The number of hydrogen-bond donors (Lipinski definition) is 1. The van der Waals surface area contributed by atoms with Gasteiger partial charge < -0.3 is 5.32 Å². The monoisotopic (exact) mass is 183 g/mol. The van der Waals surface area contributed by atoms with Crippen LogP contribution in [0.4, 0.5) is 0 Å². The van der Waals surface area contributed by atoms with Crippen molar-refractivity contribution in [3.63, 3.8) is 0 Å². The van der Waals surface area contributed by atoms with Crippen molar-refractivity contribution in [2.24, 2.45) is 11.8 Å². The largest absolute Gasteiger partial charge is 0.351 e. The number of rotatable bonds is 3. The van der Waals surface area contributed by atoms with Crippen LogP contribution >= 0.6 is 0 Å². The Bertz CT molecular complexity index is 194. The highest BCUT2D eigenvalue weighted by Crippen LogP contribution is 2.31. The summed E-state index contributed by atoms with van der Waals surface area (Å²) in [5, 5.41) is 3.13. The summed E-state index contributed by atoms with van der Waals surface area (Å²) in [7, 11) is 0. The molecule has 0 bridgehead atoms. The molecular formula is C11H21NO. The van der Waals surface area contributed by atoms with Gasteiger partial charge >= 0.3 is 0 Å². The number of hydrogen-bond acceptors (Lipinski definition) is 1. The zero-order valence-electron chi connectivity index (χ0n) is 9.18. The van der Waals surface area contributed by atoms with Gasteiger partial charge in [0.2, 0.25) is 5.91 Å². The number of amides is 1. The molecule has 1 aliphatic carbocycles. The third-order valence-electron chi connectivity index (χ3n) is 3.30.